The largest absolute Gasteiger partial charge is 0.444 e. The predicted molar refractivity (Wildman–Crippen MR) is 122 cm³/mol. The van der Waals surface area contributed by atoms with Gasteiger partial charge in [0.25, 0.3) is 0 Å². The maximum absolute atomic E-state index is 11.8. The van der Waals surface area contributed by atoms with E-state index in [1.165, 1.54) is 24.8 Å². The summed E-state index contributed by atoms with van der Waals surface area (Å²) in [5, 5.41) is 9.61. The quantitative estimate of drug-likeness (QED) is 0.418. The van der Waals surface area contributed by atoms with Gasteiger partial charge in [0, 0.05) is 39.5 Å². The van der Waals surface area contributed by atoms with Crippen molar-refractivity contribution in [3.8, 4) is 0 Å². The highest BCUT2D eigenvalue weighted by Crippen LogP contribution is 2.43. The summed E-state index contributed by atoms with van der Waals surface area (Å²) in [5.74, 6) is 0.835. The molecule has 1 aliphatic rings. The van der Waals surface area contributed by atoms with E-state index in [2.05, 4.69) is 20.9 Å². The first kappa shape index (κ1) is 24.0. The summed E-state index contributed by atoms with van der Waals surface area (Å²) in [6.45, 7) is 8.06. The minimum atomic E-state index is -0.510. The van der Waals surface area contributed by atoms with Crippen molar-refractivity contribution in [3.63, 3.8) is 0 Å². The van der Waals surface area contributed by atoms with Gasteiger partial charge >= 0.3 is 6.09 Å². The van der Waals surface area contributed by atoms with Crippen LogP contribution in [0.25, 0.3) is 0 Å². The van der Waals surface area contributed by atoms with Gasteiger partial charge in [-0.25, -0.2) is 4.79 Å². The number of hydrogen-bond donors (Lipinski definition) is 3. The number of guanidine groups is 1. The van der Waals surface area contributed by atoms with Crippen LogP contribution in [0, 0.1) is 5.41 Å². The van der Waals surface area contributed by atoms with E-state index in [0.29, 0.717) is 5.41 Å². The summed E-state index contributed by atoms with van der Waals surface area (Å²) in [7, 11) is 3.56. The van der Waals surface area contributed by atoms with Crippen molar-refractivity contribution in [2.45, 2.75) is 58.5 Å². The molecule has 3 N–H and O–H groups in total. The van der Waals surface area contributed by atoms with E-state index >= 15 is 0 Å². The minimum absolute atomic E-state index is 0.352. The van der Waals surface area contributed by atoms with Gasteiger partial charge in [0.1, 0.15) is 5.60 Å². The zero-order chi connectivity index (χ0) is 22.0. The lowest BCUT2D eigenvalue weighted by Crippen LogP contribution is -2.47. The number of hydrogen-bond acceptors (Lipinski definition) is 4. The fraction of sp³-hybridized carbons (Fsp3) is 0.652. The maximum atomic E-state index is 11.8. The number of ether oxygens (including phenoxy) is 2. The number of nitrogens with one attached hydrogen (secondary N) is 3. The third-order valence-electron chi connectivity index (χ3n) is 5.41. The van der Waals surface area contributed by atoms with Crippen LogP contribution in [-0.4, -0.2) is 51.5 Å². The molecule has 1 saturated carbocycles. The molecule has 30 heavy (non-hydrogen) atoms. The van der Waals surface area contributed by atoms with Gasteiger partial charge in [-0.3, -0.25) is 10.3 Å². The zero-order valence-electron chi connectivity index (χ0n) is 19.1. The van der Waals surface area contributed by atoms with Gasteiger partial charge in [-0.05, 0) is 69.6 Å². The SMILES string of the molecule is CN=C(NCCc1ccc(NC(=O)OC(C)(C)C)cc1)NCC1(CCOC)CCC1. The summed E-state index contributed by atoms with van der Waals surface area (Å²) in [6, 6.07) is 7.81. The Kier molecular flexibility index (Phi) is 8.96. The van der Waals surface area contributed by atoms with Crippen LogP contribution in [-0.2, 0) is 15.9 Å². The second kappa shape index (κ2) is 11.2. The molecule has 0 radical (unpaired) electrons. The molecule has 168 valence electrons. The fourth-order valence-electron chi connectivity index (χ4n) is 3.50. The van der Waals surface area contributed by atoms with E-state index in [9.17, 15) is 4.79 Å². The third kappa shape index (κ3) is 8.22. The van der Waals surface area contributed by atoms with Crippen LogP contribution in [0.3, 0.4) is 0 Å². The summed E-state index contributed by atoms with van der Waals surface area (Å²) in [6.07, 6.45) is 5.32. The second-order valence-corrected chi connectivity index (χ2v) is 9.02. The summed E-state index contributed by atoms with van der Waals surface area (Å²) in [4.78, 5) is 16.2. The van der Waals surface area contributed by atoms with Gasteiger partial charge in [0.15, 0.2) is 5.96 Å². The minimum Gasteiger partial charge on any atom is -0.444 e. The molecule has 0 aliphatic heterocycles. The third-order valence-corrected chi connectivity index (χ3v) is 5.41. The Labute approximate surface area is 181 Å². The Hall–Kier alpha value is -2.28. The van der Waals surface area contributed by atoms with E-state index in [0.717, 1.165) is 44.2 Å². The molecule has 0 bridgehead atoms. The topological polar surface area (TPSA) is 84.0 Å². The lowest BCUT2D eigenvalue weighted by molar-refractivity contribution is 0.0636. The van der Waals surface area contributed by atoms with Gasteiger partial charge in [-0.1, -0.05) is 18.6 Å². The molecule has 0 unspecified atom stereocenters. The number of aliphatic imine (C=N–C) groups is 1. The Bertz CT molecular complexity index is 691. The van der Waals surface area contributed by atoms with Crippen LogP contribution < -0.4 is 16.0 Å². The fourth-order valence-corrected chi connectivity index (χ4v) is 3.50. The van der Waals surface area contributed by atoms with E-state index in [1.807, 2.05) is 45.0 Å². The first-order valence-corrected chi connectivity index (χ1v) is 10.8. The summed E-state index contributed by atoms with van der Waals surface area (Å²) >= 11 is 0. The molecule has 7 nitrogen and oxygen atoms in total. The average Bonchev–Trinajstić information content (AvgIpc) is 2.65. The number of methoxy groups -OCH3 is 1. The van der Waals surface area contributed by atoms with Crippen LogP contribution in [0.1, 0.15) is 52.0 Å². The molecule has 0 spiro atoms. The van der Waals surface area contributed by atoms with Crippen molar-refractivity contribution in [1.29, 1.82) is 0 Å². The van der Waals surface area contributed by atoms with Gasteiger partial charge in [-0.15, -0.1) is 0 Å². The number of amides is 1. The maximum Gasteiger partial charge on any atom is 0.412 e. The molecule has 0 atom stereocenters. The first-order chi connectivity index (χ1) is 14.3. The van der Waals surface area contributed by atoms with Gasteiger partial charge < -0.3 is 20.1 Å². The number of rotatable bonds is 9. The number of carbonyl (C=O) groups is 1. The van der Waals surface area contributed by atoms with Crippen molar-refractivity contribution < 1.29 is 14.3 Å². The summed E-state index contributed by atoms with van der Waals surface area (Å²) < 4.78 is 10.5. The number of carbonyl (C=O) groups excluding carboxylic acids is 1. The molecule has 2 rings (SSSR count). The normalized spacial score (nSPS) is 15.8. The molecule has 0 heterocycles. The number of benzene rings is 1. The molecule has 7 heteroatoms. The lowest BCUT2D eigenvalue weighted by atomic mass is 9.67. The first-order valence-electron chi connectivity index (χ1n) is 10.8. The second-order valence-electron chi connectivity index (χ2n) is 9.02. The summed E-state index contributed by atoms with van der Waals surface area (Å²) in [5.41, 5.74) is 1.75. The van der Waals surface area contributed by atoms with Crippen molar-refractivity contribution in [1.82, 2.24) is 10.6 Å². The van der Waals surface area contributed by atoms with Gasteiger partial charge in [0.2, 0.25) is 0 Å². The number of anilines is 1. The molecule has 1 aliphatic carbocycles. The highest BCUT2D eigenvalue weighted by atomic mass is 16.6. The molecule has 0 aromatic heterocycles. The Morgan fingerprint density at radius 2 is 1.87 bits per heavy atom. The predicted octanol–water partition coefficient (Wildman–Crippen LogP) is 3.95. The molecule has 1 aromatic carbocycles. The molecular formula is C23H38N4O3. The van der Waals surface area contributed by atoms with Crippen LogP contribution in [0.5, 0.6) is 0 Å². The Balaban J connectivity index is 1.72. The Morgan fingerprint density at radius 3 is 2.40 bits per heavy atom. The Morgan fingerprint density at radius 1 is 1.17 bits per heavy atom. The molecular weight excluding hydrogens is 380 g/mol. The number of nitrogens with zero attached hydrogens (tertiary/aromatic N) is 1. The monoisotopic (exact) mass is 418 g/mol. The molecule has 0 saturated heterocycles. The van der Waals surface area contributed by atoms with Crippen LogP contribution in [0.15, 0.2) is 29.3 Å². The highest BCUT2D eigenvalue weighted by Gasteiger charge is 2.36. The van der Waals surface area contributed by atoms with Crippen molar-refractivity contribution >= 4 is 17.7 Å². The highest BCUT2D eigenvalue weighted by molar-refractivity contribution is 5.84. The molecule has 1 aromatic rings. The van der Waals surface area contributed by atoms with Crippen molar-refractivity contribution in [2.75, 3.05) is 39.2 Å². The lowest BCUT2D eigenvalue weighted by Gasteiger charge is -2.42. The van der Waals surface area contributed by atoms with Crippen molar-refractivity contribution in [2.24, 2.45) is 10.4 Å². The van der Waals surface area contributed by atoms with Gasteiger partial charge in [-0.2, -0.15) is 0 Å². The average molecular weight is 419 g/mol. The van der Waals surface area contributed by atoms with Crippen LogP contribution in [0.2, 0.25) is 0 Å². The van der Waals surface area contributed by atoms with E-state index in [1.54, 1.807) is 14.2 Å². The molecule has 1 fully saturated rings. The standard InChI is InChI=1S/C23H38N4O3/c1-22(2,3)30-21(28)27-19-9-7-18(8-10-19)11-15-25-20(24-4)26-17-23(12-6-13-23)14-16-29-5/h7-10H,6,11-17H2,1-5H3,(H,27,28)(H2,24,25,26). The zero-order valence-corrected chi connectivity index (χ0v) is 19.1. The van der Waals surface area contributed by atoms with Crippen molar-refractivity contribution in [3.05, 3.63) is 29.8 Å². The van der Waals surface area contributed by atoms with Gasteiger partial charge in [0.05, 0.1) is 0 Å². The molecule has 1 amide bonds. The van der Waals surface area contributed by atoms with E-state index < -0.39 is 11.7 Å². The smallest absolute Gasteiger partial charge is 0.412 e. The van der Waals surface area contributed by atoms with Crippen LogP contribution >= 0.6 is 0 Å². The van der Waals surface area contributed by atoms with Crippen LogP contribution in [0.4, 0.5) is 10.5 Å². The van der Waals surface area contributed by atoms with E-state index in [-0.39, 0.29) is 0 Å². The van der Waals surface area contributed by atoms with E-state index in [4.69, 9.17) is 9.47 Å².